The summed E-state index contributed by atoms with van der Waals surface area (Å²) < 4.78 is 5.55. The summed E-state index contributed by atoms with van der Waals surface area (Å²) in [6.45, 7) is 2.95. The van der Waals surface area contributed by atoms with Gasteiger partial charge in [-0.2, -0.15) is 0 Å². The van der Waals surface area contributed by atoms with Gasteiger partial charge < -0.3 is 15.4 Å². The van der Waals surface area contributed by atoms with Gasteiger partial charge in [0.2, 0.25) is 0 Å². The van der Waals surface area contributed by atoms with Gasteiger partial charge in [0, 0.05) is 31.6 Å². The van der Waals surface area contributed by atoms with Crippen LogP contribution in [0.5, 0.6) is 0 Å². The average molecular weight is 207 g/mol. The zero-order chi connectivity index (χ0) is 10.8. The zero-order valence-corrected chi connectivity index (χ0v) is 9.18. The number of aromatic nitrogens is 1. The molecule has 2 unspecified atom stereocenters. The molecule has 0 bridgehead atoms. The zero-order valence-electron chi connectivity index (χ0n) is 9.18. The Morgan fingerprint density at radius 3 is 3.00 bits per heavy atom. The van der Waals surface area contributed by atoms with Crippen molar-refractivity contribution in [2.75, 3.05) is 24.3 Å². The summed E-state index contributed by atoms with van der Waals surface area (Å²) in [7, 11) is 2.07. The second kappa shape index (κ2) is 4.06. The Hall–Kier alpha value is -1.29. The molecule has 0 radical (unpaired) electrons. The molecule has 82 valence electrons. The summed E-state index contributed by atoms with van der Waals surface area (Å²) >= 11 is 0. The van der Waals surface area contributed by atoms with Gasteiger partial charge >= 0.3 is 0 Å². The van der Waals surface area contributed by atoms with E-state index < -0.39 is 0 Å². The van der Waals surface area contributed by atoms with Crippen LogP contribution in [0.1, 0.15) is 13.3 Å². The highest BCUT2D eigenvalue weighted by Gasteiger charge is 2.28. The molecule has 0 aromatic carbocycles. The fourth-order valence-corrected chi connectivity index (χ4v) is 2.08. The lowest BCUT2D eigenvalue weighted by atomic mass is 10.1. The molecule has 2 rings (SSSR count). The summed E-state index contributed by atoms with van der Waals surface area (Å²) in [5, 5.41) is 0. The number of anilines is 2. The Bertz CT molecular complexity index is 342. The molecule has 0 spiro atoms. The Morgan fingerprint density at radius 2 is 2.40 bits per heavy atom. The Morgan fingerprint density at radius 1 is 1.60 bits per heavy atom. The van der Waals surface area contributed by atoms with Crippen molar-refractivity contribution < 1.29 is 4.74 Å². The average Bonchev–Trinajstić information content (AvgIpc) is 2.63. The molecular formula is C11H17N3O. The van der Waals surface area contributed by atoms with Crippen LogP contribution in [0.25, 0.3) is 0 Å². The predicted molar refractivity (Wildman–Crippen MR) is 60.9 cm³/mol. The van der Waals surface area contributed by atoms with E-state index in [1.165, 1.54) is 0 Å². The van der Waals surface area contributed by atoms with Crippen LogP contribution in [-0.4, -0.2) is 30.8 Å². The van der Waals surface area contributed by atoms with Crippen molar-refractivity contribution in [2.45, 2.75) is 25.5 Å². The molecule has 4 nitrogen and oxygen atoms in total. The van der Waals surface area contributed by atoms with Gasteiger partial charge in [0.25, 0.3) is 0 Å². The minimum absolute atomic E-state index is 0.282. The standard InChI is InChI=1S/C11H17N3O/c1-8-10(4-6-15-8)14(2)9-3-5-13-11(12)7-9/h3,5,7-8,10H,4,6H2,1-2H3,(H2,12,13). The van der Waals surface area contributed by atoms with Gasteiger partial charge in [-0.15, -0.1) is 0 Å². The van der Waals surface area contributed by atoms with Crippen molar-refractivity contribution in [1.82, 2.24) is 4.98 Å². The van der Waals surface area contributed by atoms with E-state index in [1.54, 1.807) is 6.20 Å². The maximum Gasteiger partial charge on any atom is 0.125 e. The summed E-state index contributed by atoms with van der Waals surface area (Å²) in [4.78, 5) is 6.21. The van der Waals surface area contributed by atoms with Gasteiger partial charge in [-0.05, 0) is 19.4 Å². The molecule has 1 fully saturated rings. The fraction of sp³-hybridized carbons (Fsp3) is 0.545. The summed E-state index contributed by atoms with van der Waals surface area (Å²) in [6.07, 6.45) is 3.09. The Balaban J connectivity index is 2.16. The number of rotatable bonds is 2. The second-order valence-electron chi connectivity index (χ2n) is 3.98. The monoisotopic (exact) mass is 207 g/mol. The van der Waals surface area contributed by atoms with Gasteiger partial charge in [-0.3, -0.25) is 0 Å². The quantitative estimate of drug-likeness (QED) is 0.793. The van der Waals surface area contributed by atoms with Crippen LogP contribution < -0.4 is 10.6 Å². The first-order valence-corrected chi connectivity index (χ1v) is 5.24. The molecule has 1 aromatic rings. The molecule has 2 N–H and O–H groups in total. The van der Waals surface area contributed by atoms with E-state index in [0.29, 0.717) is 11.9 Å². The van der Waals surface area contributed by atoms with Gasteiger partial charge in [0.15, 0.2) is 0 Å². The van der Waals surface area contributed by atoms with E-state index in [1.807, 2.05) is 12.1 Å². The molecule has 1 aliphatic rings. The Kier molecular flexibility index (Phi) is 2.77. The van der Waals surface area contributed by atoms with Crippen LogP contribution in [0.15, 0.2) is 18.3 Å². The molecule has 15 heavy (non-hydrogen) atoms. The van der Waals surface area contributed by atoms with E-state index in [0.717, 1.165) is 18.7 Å². The number of hydrogen-bond donors (Lipinski definition) is 1. The highest BCUT2D eigenvalue weighted by Crippen LogP contribution is 2.24. The molecule has 1 aliphatic heterocycles. The summed E-state index contributed by atoms with van der Waals surface area (Å²) in [5.74, 6) is 0.561. The van der Waals surface area contributed by atoms with E-state index >= 15 is 0 Å². The predicted octanol–water partition coefficient (Wildman–Crippen LogP) is 1.28. The van der Waals surface area contributed by atoms with E-state index in [4.69, 9.17) is 10.5 Å². The van der Waals surface area contributed by atoms with Crippen LogP contribution in [0.2, 0.25) is 0 Å². The molecule has 0 amide bonds. The van der Waals surface area contributed by atoms with Crippen molar-refractivity contribution in [3.63, 3.8) is 0 Å². The van der Waals surface area contributed by atoms with Crippen LogP contribution in [0, 0.1) is 0 Å². The van der Waals surface area contributed by atoms with Crippen LogP contribution in [-0.2, 0) is 4.74 Å². The van der Waals surface area contributed by atoms with Crippen molar-refractivity contribution in [3.8, 4) is 0 Å². The SMILES string of the molecule is CC1OCCC1N(C)c1ccnc(N)c1. The molecule has 2 heterocycles. The third-order valence-electron chi connectivity index (χ3n) is 3.01. The molecule has 1 aromatic heterocycles. The number of pyridine rings is 1. The van der Waals surface area contributed by atoms with Gasteiger partial charge in [0.05, 0.1) is 12.1 Å². The first-order valence-electron chi connectivity index (χ1n) is 5.24. The first kappa shape index (κ1) is 10.2. The van der Waals surface area contributed by atoms with Crippen LogP contribution in [0.4, 0.5) is 11.5 Å². The third-order valence-corrected chi connectivity index (χ3v) is 3.01. The van der Waals surface area contributed by atoms with Crippen molar-refractivity contribution >= 4 is 11.5 Å². The lowest BCUT2D eigenvalue weighted by Crippen LogP contribution is -2.36. The molecule has 0 aliphatic carbocycles. The minimum Gasteiger partial charge on any atom is -0.384 e. The lowest BCUT2D eigenvalue weighted by molar-refractivity contribution is 0.118. The highest BCUT2D eigenvalue weighted by molar-refractivity contribution is 5.52. The number of nitrogen functional groups attached to an aromatic ring is 1. The first-order chi connectivity index (χ1) is 7.18. The van der Waals surface area contributed by atoms with E-state index in [2.05, 4.69) is 23.9 Å². The molecular weight excluding hydrogens is 190 g/mol. The number of ether oxygens (including phenoxy) is 1. The number of likely N-dealkylation sites (N-methyl/N-ethyl adjacent to an activating group) is 1. The number of hydrogen-bond acceptors (Lipinski definition) is 4. The van der Waals surface area contributed by atoms with E-state index in [9.17, 15) is 0 Å². The number of nitrogens with zero attached hydrogens (tertiary/aromatic N) is 2. The summed E-state index contributed by atoms with van der Waals surface area (Å²) in [5.41, 5.74) is 6.76. The normalized spacial score (nSPS) is 25.5. The summed E-state index contributed by atoms with van der Waals surface area (Å²) in [6, 6.07) is 4.30. The lowest BCUT2D eigenvalue weighted by Gasteiger charge is -2.28. The highest BCUT2D eigenvalue weighted by atomic mass is 16.5. The maximum absolute atomic E-state index is 5.66. The van der Waals surface area contributed by atoms with Crippen molar-refractivity contribution in [2.24, 2.45) is 0 Å². The molecule has 1 saturated heterocycles. The van der Waals surface area contributed by atoms with Crippen LogP contribution >= 0.6 is 0 Å². The Labute approximate surface area is 90.0 Å². The topological polar surface area (TPSA) is 51.4 Å². The van der Waals surface area contributed by atoms with Gasteiger partial charge in [-0.25, -0.2) is 4.98 Å². The largest absolute Gasteiger partial charge is 0.384 e. The third kappa shape index (κ3) is 2.04. The molecule has 0 saturated carbocycles. The minimum atomic E-state index is 0.282. The smallest absolute Gasteiger partial charge is 0.125 e. The molecule has 2 atom stereocenters. The van der Waals surface area contributed by atoms with Gasteiger partial charge in [0.1, 0.15) is 5.82 Å². The number of nitrogens with two attached hydrogens (primary N) is 1. The maximum atomic E-state index is 5.66. The van der Waals surface area contributed by atoms with E-state index in [-0.39, 0.29) is 6.10 Å². The van der Waals surface area contributed by atoms with Crippen LogP contribution in [0.3, 0.4) is 0 Å². The van der Waals surface area contributed by atoms with Gasteiger partial charge in [-0.1, -0.05) is 0 Å². The fourth-order valence-electron chi connectivity index (χ4n) is 2.08. The molecule has 4 heteroatoms. The van der Waals surface area contributed by atoms with Crippen molar-refractivity contribution in [1.29, 1.82) is 0 Å². The van der Waals surface area contributed by atoms with Crippen molar-refractivity contribution in [3.05, 3.63) is 18.3 Å². The second-order valence-corrected chi connectivity index (χ2v) is 3.98.